The van der Waals surface area contributed by atoms with E-state index in [1.165, 1.54) is 0 Å². The molecule has 7 rings (SSSR count). The SMILES string of the molecule is CCCCn1c(-c2cccc(O)c2)nc(-c2ccccc2)c1CN(Cc1ccc2c(c1)OCO2)Cc1ccc2c(c1)OCO2. The van der Waals surface area contributed by atoms with Crippen LogP contribution in [0.4, 0.5) is 0 Å². The minimum Gasteiger partial charge on any atom is -0.508 e. The van der Waals surface area contributed by atoms with E-state index in [4.69, 9.17) is 23.9 Å². The topological polar surface area (TPSA) is 78.2 Å². The molecule has 8 heteroatoms. The number of phenolic OH excluding ortho intramolecular Hbond substituents is 1. The molecule has 3 heterocycles. The second-order valence-electron chi connectivity index (χ2n) is 11.2. The normalized spacial score (nSPS) is 13.1. The van der Waals surface area contributed by atoms with Gasteiger partial charge in [0.2, 0.25) is 13.6 Å². The van der Waals surface area contributed by atoms with Crippen molar-refractivity contribution >= 4 is 0 Å². The van der Waals surface area contributed by atoms with Gasteiger partial charge in [0.05, 0.1) is 11.4 Å². The van der Waals surface area contributed by atoms with E-state index in [-0.39, 0.29) is 19.3 Å². The molecule has 0 fully saturated rings. The van der Waals surface area contributed by atoms with Gasteiger partial charge in [-0.1, -0.05) is 67.9 Å². The molecule has 0 atom stereocenters. The number of hydrogen-bond donors (Lipinski definition) is 1. The molecule has 1 aromatic heterocycles. The van der Waals surface area contributed by atoms with E-state index < -0.39 is 0 Å². The molecule has 0 saturated carbocycles. The number of imidazole rings is 1. The Hall–Kier alpha value is -4.95. The molecule has 5 aromatic rings. The lowest BCUT2D eigenvalue weighted by molar-refractivity contribution is 0.173. The maximum atomic E-state index is 10.4. The van der Waals surface area contributed by atoms with Gasteiger partial charge >= 0.3 is 0 Å². The summed E-state index contributed by atoms with van der Waals surface area (Å²) >= 11 is 0. The van der Waals surface area contributed by atoms with Crippen LogP contribution < -0.4 is 18.9 Å². The summed E-state index contributed by atoms with van der Waals surface area (Å²) in [5, 5.41) is 10.4. The molecule has 0 radical (unpaired) electrons. The smallest absolute Gasteiger partial charge is 0.231 e. The van der Waals surface area contributed by atoms with Crippen molar-refractivity contribution in [2.24, 2.45) is 0 Å². The van der Waals surface area contributed by atoms with E-state index in [9.17, 15) is 5.11 Å². The first-order valence-corrected chi connectivity index (χ1v) is 15.1. The second-order valence-corrected chi connectivity index (χ2v) is 11.2. The van der Waals surface area contributed by atoms with Crippen molar-refractivity contribution in [3.63, 3.8) is 0 Å². The fourth-order valence-electron chi connectivity index (χ4n) is 5.87. The van der Waals surface area contributed by atoms with Crippen molar-refractivity contribution in [3.8, 4) is 51.4 Å². The predicted molar refractivity (Wildman–Crippen MR) is 168 cm³/mol. The summed E-state index contributed by atoms with van der Waals surface area (Å²) in [7, 11) is 0. The number of hydrogen-bond acceptors (Lipinski definition) is 7. The van der Waals surface area contributed by atoms with E-state index in [1.54, 1.807) is 12.1 Å². The molecule has 0 unspecified atom stereocenters. The molecule has 0 aliphatic carbocycles. The largest absolute Gasteiger partial charge is 0.508 e. The van der Waals surface area contributed by atoms with Gasteiger partial charge in [-0.2, -0.15) is 0 Å². The van der Waals surface area contributed by atoms with Crippen LogP contribution in [-0.2, 0) is 26.2 Å². The van der Waals surface area contributed by atoms with Gasteiger partial charge in [0.15, 0.2) is 23.0 Å². The lowest BCUT2D eigenvalue weighted by atomic mass is 10.1. The second kappa shape index (κ2) is 12.3. The van der Waals surface area contributed by atoms with Gasteiger partial charge in [0.25, 0.3) is 0 Å². The highest BCUT2D eigenvalue weighted by Gasteiger charge is 2.24. The van der Waals surface area contributed by atoms with Gasteiger partial charge in [-0.25, -0.2) is 4.98 Å². The molecule has 8 nitrogen and oxygen atoms in total. The summed E-state index contributed by atoms with van der Waals surface area (Å²) in [6.45, 7) is 5.51. The van der Waals surface area contributed by atoms with Crippen LogP contribution in [0.15, 0.2) is 91.0 Å². The van der Waals surface area contributed by atoms with Crippen LogP contribution in [0.1, 0.15) is 36.6 Å². The number of ether oxygens (including phenoxy) is 4. The fourth-order valence-corrected chi connectivity index (χ4v) is 5.87. The molecule has 2 aliphatic rings. The third-order valence-corrected chi connectivity index (χ3v) is 8.02. The zero-order chi connectivity index (χ0) is 29.9. The van der Waals surface area contributed by atoms with Gasteiger partial charge in [0.1, 0.15) is 11.6 Å². The Bertz CT molecular complexity index is 1710. The van der Waals surface area contributed by atoms with Crippen molar-refractivity contribution in [2.45, 2.75) is 45.9 Å². The zero-order valence-corrected chi connectivity index (χ0v) is 24.7. The van der Waals surface area contributed by atoms with E-state index in [2.05, 4.69) is 64.9 Å². The zero-order valence-electron chi connectivity index (χ0n) is 24.7. The van der Waals surface area contributed by atoms with E-state index in [1.807, 2.05) is 30.3 Å². The molecule has 0 spiro atoms. The highest BCUT2D eigenvalue weighted by molar-refractivity contribution is 5.69. The van der Waals surface area contributed by atoms with Gasteiger partial charge in [0, 0.05) is 37.3 Å². The lowest BCUT2D eigenvalue weighted by Gasteiger charge is -2.25. The highest BCUT2D eigenvalue weighted by atomic mass is 16.7. The summed E-state index contributed by atoms with van der Waals surface area (Å²) in [6, 6.07) is 30.0. The number of fused-ring (bicyclic) bond motifs is 2. The molecule has 0 bridgehead atoms. The van der Waals surface area contributed by atoms with Crippen LogP contribution in [0.3, 0.4) is 0 Å². The lowest BCUT2D eigenvalue weighted by Crippen LogP contribution is -2.24. The maximum Gasteiger partial charge on any atom is 0.231 e. The first-order chi connectivity index (χ1) is 21.6. The number of rotatable bonds is 11. The Morgan fingerprint density at radius 1 is 0.705 bits per heavy atom. The molecule has 44 heavy (non-hydrogen) atoms. The molecular weight excluding hydrogens is 554 g/mol. The first kappa shape index (κ1) is 27.9. The average molecular weight is 590 g/mol. The summed E-state index contributed by atoms with van der Waals surface area (Å²) in [5.74, 6) is 4.17. The fraction of sp³-hybridized carbons (Fsp3) is 0.250. The van der Waals surface area contributed by atoms with Crippen LogP contribution in [0.25, 0.3) is 22.6 Å². The maximum absolute atomic E-state index is 10.4. The Morgan fingerprint density at radius 2 is 1.34 bits per heavy atom. The highest BCUT2D eigenvalue weighted by Crippen LogP contribution is 2.36. The van der Waals surface area contributed by atoms with E-state index in [0.717, 1.165) is 81.9 Å². The third-order valence-electron chi connectivity index (χ3n) is 8.02. The van der Waals surface area contributed by atoms with Crippen LogP contribution in [0.5, 0.6) is 28.7 Å². The van der Waals surface area contributed by atoms with Crippen LogP contribution in [0.2, 0.25) is 0 Å². The molecule has 0 amide bonds. The Labute approximate surface area is 257 Å². The number of benzene rings is 4. The summed E-state index contributed by atoms with van der Waals surface area (Å²) < 4.78 is 24.9. The molecule has 2 aliphatic heterocycles. The van der Waals surface area contributed by atoms with E-state index in [0.29, 0.717) is 19.6 Å². The van der Waals surface area contributed by atoms with E-state index >= 15 is 0 Å². The van der Waals surface area contributed by atoms with Crippen molar-refractivity contribution in [1.29, 1.82) is 0 Å². The predicted octanol–water partition coefficient (Wildman–Crippen LogP) is 7.38. The number of unbranched alkanes of at least 4 members (excludes halogenated alkanes) is 1. The molecular formula is C36H35N3O5. The number of phenols is 1. The van der Waals surface area contributed by atoms with Crippen molar-refractivity contribution in [2.75, 3.05) is 13.6 Å². The molecule has 1 N–H and O–H groups in total. The molecule has 4 aromatic carbocycles. The van der Waals surface area contributed by atoms with Gasteiger partial charge in [-0.05, 0) is 53.9 Å². The van der Waals surface area contributed by atoms with Gasteiger partial charge < -0.3 is 28.6 Å². The number of nitrogens with zero attached hydrogens (tertiary/aromatic N) is 3. The Balaban J connectivity index is 1.32. The van der Waals surface area contributed by atoms with Crippen LogP contribution >= 0.6 is 0 Å². The summed E-state index contributed by atoms with van der Waals surface area (Å²) in [6.07, 6.45) is 2.06. The molecule has 224 valence electrons. The van der Waals surface area contributed by atoms with Crippen LogP contribution in [-0.4, -0.2) is 33.1 Å². The van der Waals surface area contributed by atoms with Gasteiger partial charge in [-0.3, -0.25) is 4.90 Å². The number of aromatic hydroxyl groups is 1. The summed E-state index contributed by atoms with van der Waals surface area (Å²) in [5.41, 5.74) is 6.28. The minimum atomic E-state index is 0.225. The van der Waals surface area contributed by atoms with Crippen molar-refractivity contribution in [3.05, 3.63) is 108 Å². The summed E-state index contributed by atoms with van der Waals surface area (Å²) in [4.78, 5) is 7.68. The van der Waals surface area contributed by atoms with Crippen molar-refractivity contribution < 1.29 is 24.1 Å². The van der Waals surface area contributed by atoms with Crippen molar-refractivity contribution in [1.82, 2.24) is 14.5 Å². The molecule has 0 saturated heterocycles. The Kier molecular flexibility index (Phi) is 7.81. The minimum absolute atomic E-state index is 0.225. The average Bonchev–Trinajstić information content (AvgIpc) is 3.79. The monoisotopic (exact) mass is 589 g/mol. The number of aromatic nitrogens is 2. The standard InChI is InChI=1S/C36H35N3O5/c1-2-3-16-39-30(35(27-8-5-4-6-9-27)37-36(39)28-10-7-11-29(40)19-28)22-38(20-25-12-14-31-33(17-25)43-23-41-31)21-26-13-15-32-34(18-26)44-24-42-32/h4-15,17-19,40H,2-3,16,20-24H2,1H3. The van der Waals surface area contributed by atoms with Gasteiger partial charge in [-0.15, -0.1) is 0 Å². The van der Waals surface area contributed by atoms with Crippen LogP contribution in [0, 0.1) is 0 Å². The first-order valence-electron chi connectivity index (χ1n) is 15.1. The Morgan fingerprint density at radius 3 is 1.98 bits per heavy atom. The third kappa shape index (κ3) is 5.81. The quantitative estimate of drug-likeness (QED) is 0.172.